The Hall–Kier alpha value is -2.57. The maximum Gasteiger partial charge on any atom is 0.459 e. The molecule has 0 unspecified atom stereocenters. The van der Waals surface area contributed by atoms with Crippen molar-refractivity contribution >= 4 is 29.3 Å². The Bertz CT molecular complexity index is 872. The molecular weight excluding hydrogens is 431 g/mol. The summed E-state index contributed by atoms with van der Waals surface area (Å²) in [6, 6.07) is 1.42. The molecule has 3 rings (SSSR count). The first-order chi connectivity index (χ1) is 14.1. The number of hydrogen-bond donors (Lipinski definition) is 3. The lowest BCUT2D eigenvalue weighted by molar-refractivity contribution is -0.265. The van der Waals surface area contributed by atoms with Gasteiger partial charge in [0, 0.05) is 37.7 Å². The van der Waals surface area contributed by atoms with Crippen LogP contribution in [-0.4, -0.2) is 52.5 Å². The van der Waals surface area contributed by atoms with Crippen LogP contribution in [0.2, 0.25) is 0 Å². The molecule has 0 aliphatic carbocycles. The molecule has 30 heavy (non-hydrogen) atoms. The maximum absolute atomic E-state index is 13.5. The number of likely N-dealkylation sites (tertiary alicyclic amines) is 1. The molecule has 1 aromatic heterocycles. The first-order valence-electron chi connectivity index (χ1n) is 9.03. The van der Waals surface area contributed by atoms with Gasteiger partial charge in [0.1, 0.15) is 10.7 Å². The normalized spacial score (nSPS) is 19.0. The number of nitrogens with zero attached hydrogens (tertiary/aromatic N) is 3. The summed E-state index contributed by atoms with van der Waals surface area (Å²) < 4.78 is 64.5. The molecular formula is C17H19F5N6OS. The van der Waals surface area contributed by atoms with E-state index < -0.39 is 17.8 Å². The number of rotatable bonds is 7. The largest absolute Gasteiger partial charge is 0.459 e. The zero-order valence-electron chi connectivity index (χ0n) is 15.6. The summed E-state index contributed by atoms with van der Waals surface area (Å²) in [5, 5.41) is 5.61. The number of aromatic nitrogens is 2. The summed E-state index contributed by atoms with van der Waals surface area (Å²) in [6.07, 6.45) is -2.22. The predicted molar refractivity (Wildman–Crippen MR) is 102 cm³/mol. The second kappa shape index (κ2) is 8.66. The number of amides is 1. The van der Waals surface area contributed by atoms with E-state index in [1.165, 1.54) is 12.3 Å². The predicted octanol–water partition coefficient (Wildman–Crippen LogP) is 2.86. The Balaban J connectivity index is 1.59. The number of carbonyl (C=O) groups is 1. The van der Waals surface area contributed by atoms with E-state index in [0.29, 0.717) is 43.1 Å². The van der Waals surface area contributed by atoms with Crippen LogP contribution >= 0.6 is 11.8 Å². The van der Waals surface area contributed by atoms with Crippen LogP contribution in [0.15, 0.2) is 28.4 Å². The number of allylic oxidation sites excluding steroid dienone is 1. The lowest BCUT2D eigenvalue weighted by Gasteiger charge is -2.21. The smallest absolute Gasteiger partial charge is 0.395 e. The number of nitrogens with two attached hydrogens (primary N) is 1. The van der Waals surface area contributed by atoms with Crippen molar-refractivity contribution in [1.29, 1.82) is 0 Å². The average molecular weight is 450 g/mol. The van der Waals surface area contributed by atoms with E-state index >= 15 is 0 Å². The molecule has 0 aromatic carbocycles. The first-order valence-corrected chi connectivity index (χ1v) is 9.91. The maximum atomic E-state index is 13.5. The lowest BCUT2D eigenvalue weighted by atomic mass is 10.2. The molecule has 0 spiro atoms. The SMILES string of the molecule is N/C(=C1\NC(C(F)(F)C(F)(F)F)=CS1)c1ccnc(NCCCN2CCCC2=O)n1. The quantitative estimate of drug-likeness (QED) is 0.434. The van der Waals surface area contributed by atoms with Crippen molar-refractivity contribution in [3.8, 4) is 0 Å². The highest BCUT2D eigenvalue weighted by molar-refractivity contribution is 8.06. The molecule has 13 heteroatoms. The summed E-state index contributed by atoms with van der Waals surface area (Å²) in [6.45, 7) is 1.85. The highest BCUT2D eigenvalue weighted by Gasteiger charge is 2.61. The molecule has 0 atom stereocenters. The van der Waals surface area contributed by atoms with Gasteiger partial charge in [-0.15, -0.1) is 0 Å². The van der Waals surface area contributed by atoms with Crippen molar-refractivity contribution in [3.05, 3.63) is 34.1 Å². The molecule has 0 radical (unpaired) electrons. The van der Waals surface area contributed by atoms with Crippen LogP contribution in [0.5, 0.6) is 0 Å². The van der Waals surface area contributed by atoms with Crippen LogP contribution in [0.25, 0.3) is 5.70 Å². The number of carbonyl (C=O) groups excluding carboxylic acids is 1. The highest BCUT2D eigenvalue weighted by Crippen LogP contribution is 2.44. The zero-order valence-corrected chi connectivity index (χ0v) is 16.4. The fourth-order valence-corrected chi connectivity index (χ4v) is 3.70. The van der Waals surface area contributed by atoms with Crippen LogP contribution in [0.1, 0.15) is 25.0 Å². The van der Waals surface area contributed by atoms with E-state index in [1.54, 1.807) is 4.90 Å². The van der Waals surface area contributed by atoms with E-state index in [9.17, 15) is 26.7 Å². The van der Waals surface area contributed by atoms with Gasteiger partial charge in [-0.25, -0.2) is 9.97 Å². The number of alkyl halides is 5. The molecule has 1 saturated heterocycles. The summed E-state index contributed by atoms with van der Waals surface area (Å²) in [4.78, 5) is 21.5. The topological polar surface area (TPSA) is 96.2 Å². The molecule has 0 saturated carbocycles. The van der Waals surface area contributed by atoms with Crippen LogP contribution in [0.3, 0.4) is 0 Å². The van der Waals surface area contributed by atoms with Gasteiger partial charge in [0.2, 0.25) is 11.9 Å². The van der Waals surface area contributed by atoms with E-state index in [-0.39, 0.29) is 28.3 Å². The number of halogens is 5. The van der Waals surface area contributed by atoms with Crippen LogP contribution < -0.4 is 16.4 Å². The van der Waals surface area contributed by atoms with Gasteiger partial charge < -0.3 is 21.3 Å². The van der Waals surface area contributed by atoms with Gasteiger partial charge in [0.05, 0.1) is 11.4 Å². The molecule has 1 amide bonds. The zero-order chi connectivity index (χ0) is 21.9. The van der Waals surface area contributed by atoms with Crippen LogP contribution in [-0.2, 0) is 4.79 Å². The summed E-state index contributed by atoms with van der Waals surface area (Å²) >= 11 is 0.621. The number of hydrogen-bond acceptors (Lipinski definition) is 7. The van der Waals surface area contributed by atoms with Gasteiger partial charge >= 0.3 is 12.1 Å². The minimum absolute atomic E-state index is 0.0777. The first kappa shape index (κ1) is 22.1. The van der Waals surface area contributed by atoms with Gasteiger partial charge in [-0.2, -0.15) is 22.0 Å². The van der Waals surface area contributed by atoms with E-state index in [1.807, 2.05) is 5.32 Å². The number of nitrogens with one attached hydrogen (secondary N) is 2. The third-order valence-corrected chi connectivity index (χ3v) is 5.38. The van der Waals surface area contributed by atoms with Crippen molar-refractivity contribution in [1.82, 2.24) is 20.2 Å². The van der Waals surface area contributed by atoms with Crippen LogP contribution in [0, 0.1) is 0 Å². The summed E-state index contributed by atoms with van der Waals surface area (Å²) in [5.74, 6) is -4.66. The van der Waals surface area contributed by atoms with Crippen molar-refractivity contribution in [2.24, 2.45) is 5.73 Å². The van der Waals surface area contributed by atoms with Crippen molar-refractivity contribution in [2.45, 2.75) is 31.4 Å². The van der Waals surface area contributed by atoms with E-state index in [2.05, 4.69) is 15.3 Å². The molecule has 7 nitrogen and oxygen atoms in total. The minimum Gasteiger partial charge on any atom is -0.395 e. The fraction of sp³-hybridized carbons (Fsp3) is 0.471. The highest BCUT2D eigenvalue weighted by atomic mass is 32.2. The second-order valence-electron chi connectivity index (χ2n) is 6.62. The molecule has 1 fully saturated rings. The van der Waals surface area contributed by atoms with Crippen molar-refractivity contribution < 1.29 is 26.7 Å². The summed E-state index contributed by atoms with van der Waals surface area (Å²) in [7, 11) is 0. The molecule has 164 valence electrons. The second-order valence-corrected chi connectivity index (χ2v) is 7.50. The fourth-order valence-electron chi connectivity index (χ4n) is 2.86. The molecule has 0 bridgehead atoms. The summed E-state index contributed by atoms with van der Waals surface area (Å²) in [5.41, 5.74) is 4.70. The van der Waals surface area contributed by atoms with Crippen LogP contribution in [0.4, 0.5) is 27.9 Å². The lowest BCUT2D eigenvalue weighted by Crippen LogP contribution is -2.41. The Morgan fingerprint density at radius 1 is 1.33 bits per heavy atom. The monoisotopic (exact) mass is 450 g/mol. The number of thioether (sulfide) groups is 1. The molecule has 1 aromatic rings. The molecule has 4 N–H and O–H groups in total. The standard InChI is InChI=1S/C17H19F5N6OS/c18-16(19,17(20,21)22)11-9-30-14(27-11)13(23)10-4-6-25-15(26-10)24-5-2-8-28-7-1-3-12(28)29/h4,6,9,27H,1-3,5,7-8,23H2,(H,24,25,26)/b14-13+. The van der Waals surface area contributed by atoms with Crippen molar-refractivity contribution in [3.63, 3.8) is 0 Å². The molecule has 3 heterocycles. The number of anilines is 1. The molecule has 2 aliphatic rings. The third-order valence-electron chi connectivity index (χ3n) is 4.47. The Kier molecular flexibility index (Phi) is 6.38. The average Bonchev–Trinajstić information content (AvgIpc) is 3.34. The van der Waals surface area contributed by atoms with Gasteiger partial charge in [-0.05, 0) is 18.9 Å². The van der Waals surface area contributed by atoms with Gasteiger partial charge in [0.15, 0.2) is 0 Å². The van der Waals surface area contributed by atoms with Crippen molar-refractivity contribution in [2.75, 3.05) is 25.0 Å². The van der Waals surface area contributed by atoms with E-state index in [0.717, 1.165) is 13.0 Å². The van der Waals surface area contributed by atoms with Gasteiger partial charge in [0.25, 0.3) is 0 Å². The van der Waals surface area contributed by atoms with E-state index in [4.69, 9.17) is 5.73 Å². The van der Waals surface area contributed by atoms with Gasteiger partial charge in [-0.3, -0.25) is 4.79 Å². The minimum atomic E-state index is -5.72. The third kappa shape index (κ3) is 4.77. The molecule has 2 aliphatic heterocycles. The van der Waals surface area contributed by atoms with Gasteiger partial charge in [-0.1, -0.05) is 11.8 Å². The Morgan fingerprint density at radius 2 is 2.10 bits per heavy atom. The Labute approximate surface area is 173 Å². The Morgan fingerprint density at radius 3 is 2.77 bits per heavy atom.